The first kappa shape index (κ1) is 24.1. The van der Waals surface area contributed by atoms with Crippen LogP contribution in [0.4, 0.5) is 0 Å². The summed E-state index contributed by atoms with van der Waals surface area (Å²) in [6, 6.07) is 20.1. The second-order valence-electron chi connectivity index (χ2n) is 10.4. The number of imidazole rings is 1. The van der Waals surface area contributed by atoms with Crippen molar-refractivity contribution in [2.24, 2.45) is 0 Å². The van der Waals surface area contributed by atoms with E-state index in [1.807, 2.05) is 60.3 Å². The van der Waals surface area contributed by atoms with E-state index in [4.69, 9.17) is 10.2 Å². The molecule has 2 N–H and O–H groups in total. The summed E-state index contributed by atoms with van der Waals surface area (Å²) in [5.74, 6) is 1.18. The van der Waals surface area contributed by atoms with E-state index in [0.29, 0.717) is 6.54 Å². The lowest BCUT2D eigenvalue weighted by Gasteiger charge is -2.10. The van der Waals surface area contributed by atoms with Crippen LogP contribution < -0.4 is 0 Å². The molecule has 7 heteroatoms. The Morgan fingerprint density at radius 2 is 1.71 bits per heavy atom. The molecule has 0 saturated heterocycles. The largest absolute Gasteiger partial charge is 0.386 e. The predicted molar refractivity (Wildman–Crippen MR) is 152 cm³/mol. The smallest absolute Gasteiger partial charge is 0.104 e. The molecule has 6 aromatic rings. The molecule has 38 heavy (non-hydrogen) atoms. The molecule has 0 fully saturated rings. The van der Waals surface area contributed by atoms with Crippen molar-refractivity contribution >= 4 is 21.9 Å². The van der Waals surface area contributed by atoms with Gasteiger partial charge in [0, 0.05) is 28.4 Å². The number of aromatic nitrogens is 6. The predicted octanol–water partition coefficient (Wildman–Crippen LogP) is 6.55. The molecule has 0 aliphatic heterocycles. The van der Waals surface area contributed by atoms with E-state index in [1.165, 1.54) is 5.56 Å². The van der Waals surface area contributed by atoms with E-state index >= 15 is 0 Å². The fourth-order valence-electron chi connectivity index (χ4n) is 5.49. The van der Waals surface area contributed by atoms with Gasteiger partial charge in [-0.15, -0.1) is 0 Å². The standard InChI is InChI=1S/C31H32N6O/c1-18(2)30-20(4)37(28-15-27-26(14-19(28)3)32-21(5)33-27)35-31(30)23-12-9-13-25-24(23)16-36(34-25)17-29(38)22-10-7-6-8-11-22/h6-16,18,29,38H,17H2,1-5H3,(H,32,33)/t29-/m0/s1. The number of nitrogens with zero attached hydrogens (tertiary/aromatic N) is 5. The van der Waals surface area contributed by atoms with Crippen molar-refractivity contribution in [3.05, 3.63) is 95.1 Å². The summed E-state index contributed by atoms with van der Waals surface area (Å²) in [5, 5.41) is 21.8. The molecule has 0 unspecified atom stereocenters. The molecule has 3 aromatic heterocycles. The van der Waals surface area contributed by atoms with Crippen LogP contribution in [0.15, 0.2) is 66.9 Å². The van der Waals surface area contributed by atoms with E-state index in [0.717, 1.165) is 61.5 Å². The lowest BCUT2D eigenvalue weighted by atomic mass is 9.95. The summed E-state index contributed by atoms with van der Waals surface area (Å²) in [6.45, 7) is 11.0. The number of hydrogen-bond acceptors (Lipinski definition) is 4. The van der Waals surface area contributed by atoms with Gasteiger partial charge in [-0.25, -0.2) is 9.67 Å². The van der Waals surface area contributed by atoms with Gasteiger partial charge in [0.2, 0.25) is 0 Å². The van der Waals surface area contributed by atoms with Gasteiger partial charge in [0.1, 0.15) is 5.82 Å². The van der Waals surface area contributed by atoms with Gasteiger partial charge in [0.25, 0.3) is 0 Å². The number of aliphatic hydroxyl groups excluding tert-OH is 1. The topological polar surface area (TPSA) is 84.6 Å². The zero-order valence-electron chi connectivity index (χ0n) is 22.4. The summed E-state index contributed by atoms with van der Waals surface area (Å²) in [5.41, 5.74) is 10.2. The monoisotopic (exact) mass is 504 g/mol. The second-order valence-corrected chi connectivity index (χ2v) is 10.4. The Labute approximate surface area is 221 Å². The minimum absolute atomic E-state index is 0.280. The van der Waals surface area contributed by atoms with Gasteiger partial charge >= 0.3 is 0 Å². The highest BCUT2D eigenvalue weighted by Crippen LogP contribution is 2.37. The Bertz CT molecular complexity index is 1770. The van der Waals surface area contributed by atoms with Gasteiger partial charge in [-0.2, -0.15) is 10.2 Å². The van der Waals surface area contributed by atoms with Crippen LogP contribution in [0.2, 0.25) is 0 Å². The fraction of sp³-hybridized carbons (Fsp3) is 0.258. The minimum Gasteiger partial charge on any atom is -0.386 e. The highest BCUT2D eigenvalue weighted by atomic mass is 16.3. The van der Waals surface area contributed by atoms with Gasteiger partial charge in [-0.1, -0.05) is 56.3 Å². The highest BCUT2D eigenvalue weighted by Gasteiger charge is 2.23. The number of rotatable bonds is 6. The number of nitrogens with one attached hydrogen (secondary N) is 1. The van der Waals surface area contributed by atoms with Crippen molar-refractivity contribution in [1.29, 1.82) is 0 Å². The first-order chi connectivity index (χ1) is 18.3. The Hall–Kier alpha value is -4.23. The molecular weight excluding hydrogens is 472 g/mol. The maximum absolute atomic E-state index is 10.8. The summed E-state index contributed by atoms with van der Waals surface area (Å²) in [6.07, 6.45) is 1.39. The van der Waals surface area contributed by atoms with E-state index < -0.39 is 6.10 Å². The molecule has 0 aliphatic carbocycles. The summed E-state index contributed by atoms with van der Waals surface area (Å²) < 4.78 is 3.90. The maximum atomic E-state index is 10.8. The third-order valence-corrected chi connectivity index (χ3v) is 7.28. The van der Waals surface area contributed by atoms with Crippen molar-refractivity contribution in [3.8, 4) is 16.9 Å². The maximum Gasteiger partial charge on any atom is 0.104 e. The molecule has 6 rings (SSSR count). The van der Waals surface area contributed by atoms with Gasteiger partial charge in [0.05, 0.1) is 40.6 Å². The van der Waals surface area contributed by atoms with Crippen molar-refractivity contribution in [2.75, 3.05) is 0 Å². The van der Waals surface area contributed by atoms with Gasteiger partial charge < -0.3 is 10.1 Å². The molecule has 0 bridgehead atoms. The van der Waals surface area contributed by atoms with Crippen molar-refractivity contribution < 1.29 is 5.11 Å². The van der Waals surface area contributed by atoms with E-state index in [2.05, 4.69) is 60.5 Å². The fourth-order valence-corrected chi connectivity index (χ4v) is 5.49. The number of aryl methyl sites for hydroxylation is 2. The highest BCUT2D eigenvalue weighted by molar-refractivity contribution is 5.94. The minimum atomic E-state index is -0.634. The Kier molecular flexibility index (Phi) is 5.88. The third-order valence-electron chi connectivity index (χ3n) is 7.28. The van der Waals surface area contributed by atoms with Crippen molar-refractivity contribution in [3.63, 3.8) is 0 Å². The molecule has 1 atom stereocenters. The van der Waals surface area contributed by atoms with Crippen LogP contribution in [0.3, 0.4) is 0 Å². The van der Waals surface area contributed by atoms with Gasteiger partial charge in [-0.05, 0) is 56.0 Å². The number of benzene rings is 3. The van der Waals surface area contributed by atoms with Crippen LogP contribution >= 0.6 is 0 Å². The molecule has 0 amide bonds. The van der Waals surface area contributed by atoms with Crippen molar-refractivity contribution in [2.45, 2.75) is 53.2 Å². The molecule has 192 valence electrons. The normalized spacial score (nSPS) is 12.7. The summed E-state index contributed by atoms with van der Waals surface area (Å²) in [4.78, 5) is 7.96. The summed E-state index contributed by atoms with van der Waals surface area (Å²) in [7, 11) is 0. The van der Waals surface area contributed by atoms with Crippen LogP contribution in [-0.2, 0) is 6.54 Å². The van der Waals surface area contributed by atoms with E-state index in [9.17, 15) is 5.11 Å². The Morgan fingerprint density at radius 1 is 0.921 bits per heavy atom. The van der Waals surface area contributed by atoms with Gasteiger partial charge in [0.15, 0.2) is 0 Å². The average Bonchev–Trinajstić information content (AvgIpc) is 3.57. The second kappa shape index (κ2) is 9.26. The van der Waals surface area contributed by atoms with Crippen LogP contribution in [0, 0.1) is 20.8 Å². The average molecular weight is 505 g/mol. The number of fused-ring (bicyclic) bond motifs is 2. The lowest BCUT2D eigenvalue weighted by molar-refractivity contribution is 0.152. The van der Waals surface area contributed by atoms with Gasteiger partial charge in [-0.3, -0.25) is 4.68 Å². The number of H-pyrrole nitrogens is 1. The zero-order chi connectivity index (χ0) is 26.6. The van der Waals surface area contributed by atoms with Crippen LogP contribution in [0.1, 0.15) is 54.1 Å². The summed E-state index contributed by atoms with van der Waals surface area (Å²) >= 11 is 0. The van der Waals surface area contributed by atoms with Crippen LogP contribution in [0.25, 0.3) is 38.9 Å². The van der Waals surface area contributed by atoms with Crippen LogP contribution in [-0.4, -0.2) is 34.6 Å². The number of hydrogen-bond donors (Lipinski definition) is 2. The number of aliphatic hydroxyl groups is 1. The van der Waals surface area contributed by atoms with Crippen LogP contribution in [0.5, 0.6) is 0 Å². The Balaban J connectivity index is 1.46. The lowest BCUT2D eigenvalue weighted by Crippen LogP contribution is -2.08. The molecule has 0 saturated carbocycles. The van der Waals surface area contributed by atoms with Crippen molar-refractivity contribution in [1.82, 2.24) is 29.5 Å². The molecular formula is C31H32N6O. The van der Waals surface area contributed by atoms with E-state index in [1.54, 1.807) is 0 Å². The third kappa shape index (κ3) is 4.09. The zero-order valence-corrected chi connectivity index (χ0v) is 22.4. The molecule has 3 aromatic carbocycles. The SMILES string of the molecule is Cc1nc2cc(C)c(-n3nc(-c4cccc5nn(C[C@H](O)c6ccccc6)cc45)c(C(C)C)c3C)cc2[nH]1. The molecule has 3 heterocycles. The molecule has 0 radical (unpaired) electrons. The number of aromatic amines is 1. The Morgan fingerprint density at radius 3 is 2.47 bits per heavy atom. The molecule has 7 nitrogen and oxygen atoms in total. The molecule has 0 aliphatic rings. The van der Waals surface area contributed by atoms with E-state index in [-0.39, 0.29) is 5.92 Å². The molecule has 0 spiro atoms. The quantitative estimate of drug-likeness (QED) is 0.269. The first-order valence-electron chi connectivity index (χ1n) is 13.1. The first-order valence-corrected chi connectivity index (χ1v) is 13.1.